The molecule has 0 aliphatic rings. The molecule has 7 heteroatoms. The van der Waals surface area contributed by atoms with Crippen LogP contribution in [0.3, 0.4) is 0 Å². The number of carbonyl (C=O) groups is 1. The summed E-state index contributed by atoms with van der Waals surface area (Å²) in [5, 5.41) is 11.2. The van der Waals surface area contributed by atoms with Crippen molar-refractivity contribution in [2.75, 3.05) is 0 Å². The number of aromatic nitrogens is 1. The predicted molar refractivity (Wildman–Crippen MR) is 79.4 cm³/mol. The summed E-state index contributed by atoms with van der Waals surface area (Å²) in [4.78, 5) is 26.5. The molecule has 2 aromatic heterocycles. The first-order chi connectivity index (χ1) is 9.92. The summed E-state index contributed by atoms with van der Waals surface area (Å²) < 4.78 is 5.64. The fraction of sp³-hybridized carbons (Fsp3) is 0.286. The number of nitrogens with zero attached hydrogens (tertiary/aromatic N) is 2. The van der Waals surface area contributed by atoms with Gasteiger partial charge in [0, 0.05) is 11.8 Å². The van der Waals surface area contributed by atoms with Gasteiger partial charge in [0.15, 0.2) is 11.5 Å². The Kier molecular flexibility index (Phi) is 4.32. The number of ether oxygens (including phenoxy) is 1. The van der Waals surface area contributed by atoms with E-state index in [1.807, 2.05) is 13.8 Å². The van der Waals surface area contributed by atoms with Crippen LogP contribution in [0, 0.1) is 17.0 Å². The Hall–Kier alpha value is -2.28. The van der Waals surface area contributed by atoms with Crippen molar-refractivity contribution in [1.82, 2.24) is 4.98 Å². The van der Waals surface area contributed by atoms with Crippen molar-refractivity contribution in [2.24, 2.45) is 0 Å². The van der Waals surface area contributed by atoms with E-state index in [2.05, 4.69) is 4.98 Å². The number of thiophene rings is 1. The van der Waals surface area contributed by atoms with Gasteiger partial charge < -0.3 is 4.74 Å². The number of hydrogen-bond acceptors (Lipinski definition) is 6. The second-order valence-electron chi connectivity index (χ2n) is 4.45. The summed E-state index contributed by atoms with van der Waals surface area (Å²) in [6.45, 7) is 5.16. The third kappa shape index (κ3) is 3.25. The number of pyridine rings is 1. The van der Waals surface area contributed by atoms with Crippen molar-refractivity contribution in [2.45, 2.75) is 27.2 Å². The van der Waals surface area contributed by atoms with Gasteiger partial charge in [-0.3, -0.25) is 19.9 Å². The van der Waals surface area contributed by atoms with E-state index in [0.717, 1.165) is 22.7 Å². The highest BCUT2D eigenvalue weighted by molar-refractivity contribution is 7.16. The van der Waals surface area contributed by atoms with Gasteiger partial charge in [0.25, 0.3) is 5.06 Å². The molecule has 0 spiro atoms. The topological polar surface area (TPSA) is 82.3 Å². The number of rotatable bonds is 5. The first-order valence-corrected chi connectivity index (χ1v) is 7.17. The van der Waals surface area contributed by atoms with Crippen LogP contribution in [-0.2, 0) is 6.42 Å². The molecule has 110 valence electrons. The zero-order valence-corrected chi connectivity index (χ0v) is 12.7. The third-order valence-corrected chi connectivity index (χ3v) is 3.94. The zero-order valence-electron chi connectivity index (χ0n) is 11.9. The molecule has 0 N–H and O–H groups in total. The van der Waals surface area contributed by atoms with Gasteiger partial charge >= 0.3 is 5.69 Å². The van der Waals surface area contributed by atoms with Crippen molar-refractivity contribution in [3.63, 3.8) is 0 Å². The Morgan fingerprint density at radius 3 is 2.76 bits per heavy atom. The number of carbonyl (C=O) groups excluding carboxylic acids is 1. The molecule has 0 fully saturated rings. The lowest BCUT2D eigenvalue weighted by molar-refractivity contribution is -0.385. The van der Waals surface area contributed by atoms with E-state index in [-0.39, 0.29) is 16.5 Å². The van der Waals surface area contributed by atoms with Crippen LogP contribution in [0.2, 0.25) is 0 Å². The number of ketones is 1. The lowest BCUT2D eigenvalue weighted by Crippen LogP contribution is -1.96. The second-order valence-corrected chi connectivity index (χ2v) is 5.46. The van der Waals surface area contributed by atoms with Gasteiger partial charge in [0.1, 0.15) is 0 Å². The van der Waals surface area contributed by atoms with Crippen LogP contribution in [0.4, 0.5) is 5.69 Å². The lowest BCUT2D eigenvalue weighted by Gasteiger charge is -2.08. The predicted octanol–water partition coefficient (Wildman–Crippen LogP) is 3.92. The molecule has 2 aromatic rings. The lowest BCUT2D eigenvalue weighted by atomic mass is 10.2. The second kappa shape index (κ2) is 6.01. The molecule has 0 bridgehead atoms. The van der Waals surface area contributed by atoms with Gasteiger partial charge in [0.2, 0.25) is 0 Å². The van der Waals surface area contributed by atoms with Crippen LogP contribution in [0.25, 0.3) is 0 Å². The Bertz CT molecular complexity index is 709. The van der Waals surface area contributed by atoms with Gasteiger partial charge in [-0.25, -0.2) is 0 Å². The van der Waals surface area contributed by atoms with E-state index >= 15 is 0 Å². The minimum Gasteiger partial charge on any atom is -0.438 e. The van der Waals surface area contributed by atoms with Gasteiger partial charge in [-0.05, 0) is 32.4 Å². The number of aryl methyl sites for hydroxylation is 2. The summed E-state index contributed by atoms with van der Waals surface area (Å²) >= 11 is 0.973. The smallest absolute Gasteiger partial charge is 0.323 e. The Morgan fingerprint density at radius 1 is 1.48 bits per heavy atom. The molecule has 0 aliphatic carbocycles. The van der Waals surface area contributed by atoms with Crippen LogP contribution in [0.5, 0.6) is 10.8 Å². The first-order valence-electron chi connectivity index (χ1n) is 6.36. The fourth-order valence-corrected chi connectivity index (χ4v) is 2.67. The quantitative estimate of drug-likeness (QED) is 0.475. The molecule has 0 saturated carbocycles. The van der Waals surface area contributed by atoms with Crippen LogP contribution < -0.4 is 4.74 Å². The number of hydrogen-bond donors (Lipinski definition) is 0. The third-order valence-electron chi connectivity index (χ3n) is 2.83. The highest BCUT2D eigenvalue weighted by atomic mass is 32.1. The maximum atomic E-state index is 11.4. The van der Waals surface area contributed by atoms with Crippen LogP contribution >= 0.6 is 11.3 Å². The van der Waals surface area contributed by atoms with Gasteiger partial charge in [-0.15, -0.1) is 0 Å². The Morgan fingerprint density at radius 2 is 2.19 bits per heavy atom. The Labute approximate surface area is 125 Å². The van der Waals surface area contributed by atoms with Crippen molar-refractivity contribution in [3.05, 3.63) is 44.6 Å². The monoisotopic (exact) mass is 306 g/mol. The summed E-state index contributed by atoms with van der Waals surface area (Å²) in [5.74, 6) is 0.249. The van der Waals surface area contributed by atoms with Crippen molar-refractivity contribution < 1.29 is 14.5 Å². The Balaban J connectivity index is 2.43. The average Bonchev–Trinajstić information content (AvgIpc) is 2.85. The van der Waals surface area contributed by atoms with E-state index in [9.17, 15) is 14.9 Å². The van der Waals surface area contributed by atoms with E-state index in [0.29, 0.717) is 17.0 Å². The molecular weight excluding hydrogens is 292 g/mol. The fourth-order valence-electron chi connectivity index (χ4n) is 1.78. The summed E-state index contributed by atoms with van der Waals surface area (Å²) in [6, 6.07) is 4.76. The van der Waals surface area contributed by atoms with Crippen molar-refractivity contribution >= 4 is 22.8 Å². The minimum absolute atomic E-state index is 0.102. The number of nitro groups is 1. The van der Waals surface area contributed by atoms with E-state index < -0.39 is 4.92 Å². The molecule has 2 rings (SSSR count). The summed E-state index contributed by atoms with van der Waals surface area (Å²) in [7, 11) is 0. The van der Waals surface area contributed by atoms with Crippen LogP contribution in [0.1, 0.15) is 34.9 Å². The minimum atomic E-state index is -0.550. The standard InChI is InChI=1S/C14H14N2O4S/c1-4-10-12(6-5-8(2)15-10)20-14-11(16(18)19)7-13(21-14)9(3)17/h5-7H,4H2,1-3H3. The maximum absolute atomic E-state index is 11.4. The van der Waals surface area contributed by atoms with E-state index in [1.165, 1.54) is 13.0 Å². The van der Waals surface area contributed by atoms with Gasteiger partial charge in [-0.1, -0.05) is 18.3 Å². The summed E-state index contributed by atoms with van der Waals surface area (Å²) in [5.41, 5.74) is 1.37. The van der Waals surface area contributed by atoms with Crippen LogP contribution in [0.15, 0.2) is 18.2 Å². The summed E-state index contributed by atoms with van der Waals surface area (Å²) in [6.07, 6.45) is 0.649. The largest absolute Gasteiger partial charge is 0.438 e. The van der Waals surface area contributed by atoms with Crippen LogP contribution in [-0.4, -0.2) is 15.7 Å². The molecule has 0 aliphatic heterocycles. The molecule has 0 unspecified atom stereocenters. The maximum Gasteiger partial charge on any atom is 0.323 e. The van der Waals surface area contributed by atoms with E-state index in [4.69, 9.17) is 4.74 Å². The molecule has 0 radical (unpaired) electrons. The molecule has 21 heavy (non-hydrogen) atoms. The molecule has 0 aromatic carbocycles. The highest BCUT2D eigenvalue weighted by Gasteiger charge is 2.23. The van der Waals surface area contributed by atoms with Crippen molar-refractivity contribution in [3.8, 4) is 10.8 Å². The van der Waals surface area contributed by atoms with E-state index in [1.54, 1.807) is 12.1 Å². The molecule has 6 nitrogen and oxygen atoms in total. The molecule has 0 amide bonds. The van der Waals surface area contributed by atoms with Crippen molar-refractivity contribution in [1.29, 1.82) is 0 Å². The normalized spacial score (nSPS) is 10.4. The molecule has 2 heterocycles. The molecule has 0 atom stereocenters. The average molecular weight is 306 g/mol. The first kappa shape index (κ1) is 15.1. The SMILES string of the molecule is CCc1nc(C)ccc1Oc1sc(C(C)=O)cc1[N+](=O)[O-]. The molecular formula is C14H14N2O4S. The highest BCUT2D eigenvalue weighted by Crippen LogP contribution is 2.40. The van der Waals surface area contributed by atoms with Gasteiger partial charge in [-0.2, -0.15) is 0 Å². The van der Waals surface area contributed by atoms with Gasteiger partial charge in [0.05, 0.1) is 15.5 Å². The zero-order chi connectivity index (χ0) is 15.6. The molecule has 0 saturated heterocycles. The number of Topliss-reactive ketones (excluding diaryl/α,β-unsaturated/α-hetero) is 1.